The molecule has 0 radical (unpaired) electrons. The molecule has 6 atom stereocenters. The fraction of sp³-hybridized carbons (Fsp3) is 0.543. The molecule has 1 aliphatic heterocycles. The number of aliphatic hydroxyl groups excluding tert-OH is 1. The first-order chi connectivity index (χ1) is 21.2. The number of rotatable bonds is 12. The van der Waals surface area contributed by atoms with E-state index in [2.05, 4.69) is 0 Å². The van der Waals surface area contributed by atoms with E-state index in [9.17, 15) is 24.6 Å². The van der Waals surface area contributed by atoms with E-state index < -0.39 is 65.0 Å². The second-order valence-electron chi connectivity index (χ2n) is 12.9. The van der Waals surface area contributed by atoms with E-state index in [1.165, 1.54) is 6.92 Å². The Morgan fingerprint density at radius 2 is 1.31 bits per heavy atom. The maximum absolute atomic E-state index is 15.2. The van der Waals surface area contributed by atoms with Crippen molar-refractivity contribution in [2.45, 2.75) is 111 Å². The first-order valence-electron chi connectivity index (χ1n) is 15.7. The Balaban J connectivity index is 2.16. The molecule has 1 heterocycles. The number of aliphatic hydroxyl groups is 1. The largest absolute Gasteiger partial charge is 0.465 e. The smallest absolute Gasteiger partial charge is 0.408 e. The number of nitrogens with zero attached hydrogens (tertiary/aromatic N) is 2. The molecule has 246 valence electrons. The second kappa shape index (κ2) is 14.9. The quantitative estimate of drug-likeness (QED) is 0.300. The third-order valence-corrected chi connectivity index (χ3v) is 8.85. The molecule has 0 saturated carbocycles. The highest BCUT2D eigenvalue weighted by atomic mass is 16.5. The van der Waals surface area contributed by atoms with Crippen molar-refractivity contribution in [2.75, 3.05) is 0 Å². The zero-order valence-electron chi connectivity index (χ0n) is 27.4. The lowest BCUT2D eigenvalue weighted by atomic mass is 9.66. The van der Waals surface area contributed by atoms with Crippen molar-refractivity contribution in [3.63, 3.8) is 0 Å². The molecule has 3 rings (SSSR count). The fourth-order valence-corrected chi connectivity index (χ4v) is 6.75. The van der Waals surface area contributed by atoms with Crippen molar-refractivity contribution < 1.29 is 38.9 Å². The number of esters is 2. The first-order valence-corrected chi connectivity index (χ1v) is 15.7. The number of ether oxygens (including phenoxy) is 2. The average molecular weight is 625 g/mol. The number of amides is 2. The predicted molar refractivity (Wildman–Crippen MR) is 169 cm³/mol. The monoisotopic (exact) mass is 624 g/mol. The summed E-state index contributed by atoms with van der Waals surface area (Å²) in [5, 5.41) is 22.0. The van der Waals surface area contributed by atoms with Gasteiger partial charge in [0.25, 0.3) is 5.91 Å². The molecule has 10 heteroatoms. The molecule has 2 amide bonds. The Morgan fingerprint density at radius 3 is 1.64 bits per heavy atom. The molecule has 0 aliphatic carbocycles. The average Bonchev–Trinajstić information content (AvgIpc) is 3.34. The lowest BCUT2D eigenvalue weighted by Gasteiger charge is -2.50. The van der Waals surface area contributed by atoms with Crippen molar-refractivity contribution in [2.24, 2.45) is 11.3 Å². The van der Waals surface area contributed by atoms with E-state index in [0.717, 1.165) is 20.9 Å². The molecular formula is C35H48N2O8. The standard InChI is InChI=1S/C35H48N2O8/c1-8-27(30(39)44-21-25-16-12-10-13-17-25)36(28(9-2)31(40)45-22-26-18-14-11-15-19-26)32(41)35(24(4)38)29(34(5,6)7)20-23(3)37(35)33(42)43/h10-19,23-24,27-29,38H,8-9,20-22H2,1-7H3,(H,42,43). The van der Waals surface area contributed by atoms with Crippen LogP contribution in [0.25, 0.3) is 0 Å². The maximum atomic E-state index is 15.2. The third-order valence-electron chi connectivity index (χ3n) is 8.85. The molecule has 2 N–H and O–H groups in total. The highest BCUT2D eigenvalue weighted by Crippen LogP contribution is 2.51. The van der Waals surface area contributed by atoms with Gasteiger partial charge in [-0.1, -0.05) is 95.3 Å². The van der Waals surface area contributed by atoms with Gasteiger partial charge >= 0.3 is 18.0 Å². The number of carboxylic acid groups (broad SMARTS) is 1. The molecule has 0 aromatic heterocycles. The topological polar surface area (TPSA) is 134 Å². The van der Waals surface area contributed by atoms with Gasteiger partial charge in [0.2, 0.25) is 0 Å². The number of hydrogen-bond donors (Lipinski definition) is 2. The van der Waals surface area contributed by atoms with Gasteiger partial charge in [0, 0.05) is 12.0 Å². The van der Waals surface area contributed by atoms with Gasteiger partial charge in [0.15, 0.2) is 5.54 Å². The minimum absolute atomic E-state index is 0.0576. The Kier molecular flexibility index (Phi) is 11.8. The van der Waals surface area contributed by atoms with Crippen molar-refractivity contribution in [3.8, 4) is 0 Å². The molecule has 2 aromatic rings. The van der Waals surface area contributed by atoms with E-state index in [4.69, 9.17) is 9.47 Å². The van der Waals surface area contributed by atoms with Crippen LogP contribution in [0.15, 0.2) is 60.7 Å². The number of hydrogen-bond acceptors (Lipinski definition) is 7. The van der Waals surface area contributed by atoms with E-state index in [1.807, 2.05) is 57.2 Å². The highest BCUT2D eigenvalue weighted by molar-refractivity contribution is 5.97. The van der Waals surface area contributed by atoms with Crippen LogP contribution in [-0.2, 0) is 37.1 Å². The summed E-state index contributed by atoms with van der Waals surface area (Å²) < 4.78 is 11.4. The predicted octanol–water partition coefficient (Wildman–Crippen LogP) is 5.41. The molecule has 6 unspecified atom stereocenters. The summed E-state index contributed by atoms with van der Waals surface area (Å²) in [7, 11) is 0. The van der Waals surface area contributed by atoms with E-state index in [-0.39, 0.29) is 26.1 Å². The molecule has 1 saturated heterocycles. The van der Waals surface area contributed by atoms with Crippen LogP contribution in [0.2, 0.25) is 0 Å². The van der Waals surface area contributed by atoms with Crippen LogP contribution in [0.1, 0.15) is 78.9 Å². The zero-order chi connectivity index (χ0) is 33.5. The molecule has 0 spiro atoms. The summed E-state index contributed by atoms with van der Waals surface area (Å²) in [5.41, 5.74) is -1.16. The highest BCUT2D eigenvalue weighted by Gasteiger charge is 2.66. The normalized spacial score (nSPS) is 21.8. The molecule has 0 bridgehead atoms. The fourth-order valence-electron chi connectivity index (χ4n) is 6.75. The van der Waals surface area contributed by atoms with Gasteiger partial charge in [-0.2, -0.15) is 0 Å². The molecule has 45 heavy (non-hydrogen) atoms. The summed E-state index contributed by atoms with van der Waals surface area (Å²) in [6, 6.07) is 15.0. The Bertz CT molecular complexity index is 1250. The molecule has 2 aromatic carbocycles. The van der Waals surface area contributed by atoms with Crippen molar-refractivity contribution in [1.29, 1.82) is 0 Å². The summed E-state index contributed by atoms with van der Waals surface area (Å²) in [4.78, 5) is 57.9. The van der Waals surface area contributed by atoms with Gasteiger partial charge in [0.05, 0.1) is 6.10 Å². The summed E-state index contributed by atoms with van der Waals surface area (Å²) in [6.45, 7) is 12.0. The van der Waals surface area contributed by atoms with Gasteiger partial charge in [0.1, 0.15) is 25.3 Å². The third kappa shape index (κ3) is 7.49. The van der Waals surface area contributed by atoms with Crippen LogP contribution < -0.4 is 0 Å². The minimum atomic E-state index is -2.00. The summed E-state index contributed by atoms with van der Waals surface area (Å²) in [5.74, 6) is -2.96. The van der Waals surface area contributed by atoms with E-state index in [0.29, 0.717) is 6.42 Å². The molecular weight excluding hydrogens is 576 g/mol. The maximum Gasteiger partial charge on any atom is 0.408 e. The van der Waals surface area contributed by atoms with Crippen LogP contribution in [0, 0.1) is 11.3 Å². The first kappa shape index (κ1) is 35.6. The van der Waals surface area contributed by atoms with Crippen molar-refractivity contribution in [3.05, 3.63) is 71.8 Å². The number of likely N-dealkylation sites (tertiary alicyclic amines) is 1. The number of carbonyl (C=O) groups excluding carboxylic acids is 3. The van der Waals surface area contributed by atoms with Crippen LogP contribution in [-0.4, -0.2) is 73.7 Å². The Hall–Kier alpha value is -3.92. The van der Waals surface area contributed by atoms with Gasteiger partial charge in [-0.05, 0) is 49.7 Å². The van der Waals surface area contributed by atoms with Crippen molar-refractivity contribution in [1.82, 2.24) is 9.80 Å². The molecule has 10 nitrogen and oxygen atoms in total. The van der Waals surface area contributed by atoms with Gasteiger partial charge in [-0.15, -0.1) is 0 Å². The van der Waals surface area contributed by atoms with Crippen LogP contribution in [0.3, 0.4) is 0 Å². The number of benzene rings is 2. The Labute approximate surface area is 266 Å². The van der Waals surface area contributed by atoms with Crippen LogP contribution in [0.4, 0.5) is 4.79 Å². The Morgan fingerprint density at radius 1 is 0.889 bits per heavy atom. The van der Waals surface area contributed by atoms with Gasteiger partial charge < -0.3 is 24.6 Å². The number of carbonyl (C=O) groups is 4. The summed E-state index contributed by atoms with van der Waals surface area (Å²) >= 11 is 0. The van der Waals surface area contributed by atoms with E-state index in [1.54, 1.807) is 45.0 Å². The second-order valence-corrected chi connectivity index (χ2v) is 12.9. The minimum Gasteiger partial charge on any atom is -0.465 e. The van der Waals surface area contributed by atoms with Gasteiger partial charge in [-0.25, -0.2) is 14.4 Å². The van der Waals surface area contributed by atoms with Crippen molar-refractivity contribution >= 4 is 23.9 Å². The zero-order valence-corrected chi connectivity index (χ0v) is 27.4. The van der Waals surface area contributed by atoms with Gasteiger partial charge in [-0.3, -0.25) is 9.69 Å². The molecule has 1 fully saturated rings. The van der Waals surface area contributed by atoms with Crippen LogP contribution in [0.5, 0.6) is 0 Å². The lowest BCUT2D eigenvalue weighted by molar-refractivity contribution is -0.176. The van der Waals surface area contributed by atoms with Crippen LogP contribution >= 0.6 is 0 Å². The molecule has 1 aliphatic rings. The SMILES string of the molecule is CCC(C(=O)OCc1ccccc1)N(C(=O)C1(C(C)O)C(C(C)(C)C)CC(C)N1C(=O)O)C(CC)C(=O)OCc1ccccc1. The lowest BCUT2D eigenvalue weighted by Crippen LogP contribution is -2.72. The van der Waals surface area contributed by atoms with E-state index >= 15 is 4.79 Å². The summed E-state index contributed by atoms with van der Waals surface area (Å²) in [6.07, 6.45) is -2.41.